The highest BCUT2D eigenvalue weighted by Gasteiger charge is 2.15. The summed E-state index contributed by atoms with van der Waals surface area (Å²) >= 11 is 0. The molecule has 1 aliphatic carbocycles. The van der Waals surface area contributed by atoms with Crippen molar-refractivity contribution in [3.8, 4) is 27.9 Å². The molecule has 0 unspecified atom stereocenters. The zero-order valence-electron chi connectivity index (χ0n) is 21.1. The highest BCUT2D eigenvalue weighted by atomic mass is 15.0. The van der Waals surface area contributed by atoms with Gasteiger partial charge < -0.3 is 4.57 Å². The van der Waals surface area contributed by atoms with E-state index in [1.165, 1.54) is 60.9 Å². The molecule has 0 aliphatic heterocycles. The van der Waals surface area contributed by atoms with Crippen molar-refractivity contribution in [2.24, 2.45) is 0 Å². The maximum Gasteiger partial charge on any atom is 0.0547 e. The Kier molecular flexibility index (Phi) is 5.41. The largest absolute Gasteiger partial charge is 0.309 e. The van der Waals surface area contributed by atoms with Crippen LogP contribution in [-0.4, -0.2) is 4.57 Å². The fourth-order valence-corrected chi connectivity index (χ4v) is 5.73. The second-order valence-electron chi connectivity index (χ2n) is 9.85. The van der Waals surface area contributed by atoms with E-state index in [9.17, 15) is 0 Å². The minimum absolute atomic E-state index is 0.912. The fraction of sp³-hybridized carbons (Fsp3) is 0.0270. The summed E-state index contributed by atoms with van der Waals surface area (Å²) in [6.07, 6.45) is 9.45. The lowest BCUT2D eigenvalue weighted by molar-refractivity contribution is 1.18. The van der Waals surface area contributed by atoms with Crippen LogP contribution in [0.15, 0.2) is 146 Å². The number of fused-ring (bicyclic) bond motifs is 6. The highest BCUT2D eigenvalue weighted by molar-refractivity contribution is 6.10. The molecule has 180 valence electrons. The van der Waals surface area contributed by atoms with Gasteiger partial charge in [0, 0.05) is 16.5 Å². The standard InChI is InChI=1S/C37H27N/c1-26-12-4-2-5-13-27-14-8-9-17-31(27)32-22-20-28(24-35(26)32)29-21-23-34-33-18-10-11-19-36(33)38(37(34)25-29)30-15-6-3-7-16-30/h2-12,14-25H,1,13H2/b5-2-,12-4-. The van der Waals surface area contributed by atoms with E-state index in [-0.39, 0.29) is 0 Å². The van der Waals surface area contributed by atoms with Crippen molar-refractivity contribution in [1.82, 2.24) is 4.57 Å². The third-order valence-electron chi connectivity index (χ3n) is 7.58. The van der Waals surface area contributed by atoms with Crippen LogP contribution in [-0.2, 0) is 6.42 Å². The summed E-state index contributed by atoms with van der Waals surface area (Å²) in [7, 11) is 0. The van der Waals surface area contributed by atoms with Gasteiger partial charge in [0.05, 0.1) is 11.0 Å². The third kappa shape index (κ3) is 3.72. The van der Waals surface area contributed by atoms with Crippen LogP contribution < -0.4 is 0 Å². The Labute approximate surface area is 223 Å². The first-order valence-electron chi connectivity index (χ1n) is 13.1. The zero-order valence-corrected chi connectivity index (χ0v) is 21.1. The number of allylic oxidation sites excluding steroid dienone is 5. The van der Waals surface area contributed by atoms with E-state index in [1.54, 1.807) is 0 Å². The van der Waals surface area contributed by atoms with Gasteiger partial charge in [0.15, 0.2) is 0 Å². The first kappa shape index (κ1) is 22.3. The van der Waals surface area contributed by atoms with Crippen LogP contribution in [0.25, 0.3) is 55.3 Å². The Bertz CT molecular complexity index is 1900. The average molecular weight is 486 g/mol. The van der Waals surface area contributed by atoms with Gasteiger partial charge in [0.1, 0.15) is 0 Å². The predicted molar refractivity (Wildman–Crippen MR) is 163 cm³/mol. The molecule has 1 nitrogen and oxygen atoms in total. The summed E-state index contributed by atoms with van der Waals surface area (Å²) < 4.78 is 2.37. The topological polar surface area (TPSA) is 4.93 Å². The number of nitrogens with zero attached hydrogens (tertiary/aromatic N) is 1. The number of aromatic nitrogens is 1. The van der Waals surface area contributed by atoms with Crippen LogP contribution in [0.5, 0.6) is 0 Å². The molecule has 0 saturated heterocycles. The van der Waals surface area contributed by atoms with Gasteiger partial charge in [0.2, 0.25) is 0 Å². The van der Waals surface area contributed by atoms with Gasteiger partial charge in [-0.25, -0.2) is 0 Å². The summed E-state index contributed by atoms with van der Waals surface area (Å²) in [6, 6.07) is 41.7. The minimum atomic E-state index is 0.912. The Hall–Kier alpha value is -4.88. The van der Waals surface area contributed by atoms with Gasteiger partial charge in [-0.05, 0) is 75.7 Å². The van der Waals surface area contributed by atoms with Crippen LogP contribution in [0.1, 0.15) is 11.1 Å². The van der Waals surface area contributed by atoms with E-state index in [0.717, 1.165) is 12.0 Å². The molecule has 0 amide bonds. The summed E-state index contributed by atoms with van der Waals surface area (Å²) in [4.78, 5) is 0. The Balaban J connectivity index is 1.45. The molecule has 0 fully saturated rings. The fourth-order valence-electron chi connectivity index (χ4n) is 5.73. The van der Waals surface area contributed by atoms with Gasteiger partial charge in [-0.15, -0.1) is 0 Å². The average Bonchev–Trinajstić information content (AvgIpc) is 3.31. The van der Waals surface area contributed by atoms with Crippen molar-refractivity contribution in [1.29, 1.82) is 0 Å². The van der Waals surface area contributed by atoms with Gasteiger partial charge in [-0.3, -0.25) is 0 Å². The molecule has 38 heavy (non-hydrogen) atoms. The van der Waals surface area contributed by atoms with E-state index in [0.29, 0.717) is 0 Å². The number of hydrogen-bond donors (Lipinski definition) is 0. The monoisotopic (exact) mass is 485 g/mol. The van der Waals surface area contributed by atoms with Crippen LogP contribution in [0, 0.1) is 0 Å². The lowest BCUT2D eigenvalue weighted by atomic mass is 9.88. The molecule has 1 aromatic heterocycles. The van der Waals surface area contributed by atoms with Crippen molar-refractivity contribution >= 4 is 27.4 Å². The Morgan fingerprint density at radius 1 is 0.553 bits per heavy atom. The van der Waals surface area contributed by atoms with Gasteiger partial charge in [-0.1, -0.05) is 116 Å². The van der Waals surface area contributed by atoms with E-state index in [1.807, 2.05) is 0 Å². The molecule has 7 rings (SSSR count). The third-order valence-corrected chi connectivity index (χ3v) is 7.58. The van der Waals surface area contributed by atoms with E-state index in [2.05, 4.69) is 151 Å². The minimum Gasteiger partial charge on any atom is -0.309 e. The number of benzene rings is 5. The highest BCUT2D eigenvalue weighted by Crippen LogP contribution is 2.38. The summed E-state index contributed by atoms with van der Waals surface area (Å²) in [5.74, 6) is 0. The molecule has 1 aliphatic rings. The van der Waals surface area contributed by atoms with Gasteiger partial charge >= 0.3 is 0 Å². The van der Waals surface area contributed by atoms with Crippen molar-refractivity contribution in [3.63, 3.8) is 0 Å². The molecule has 0 saturated carbocycles. The van der Waals surface area contributed by atoms with Crippen molar-refractivity contribution < 1.29 is 0 Å². The molecule has 0 spiro atoms. The summed E-state index contributed by atoms with van der Waals surface area (Å²) in [5, 5.41) is 2.53. The lowest BCUT2D eigenvalue weighted by Crippen LogP contribution is -1.95. The molecule has 5 aromatic carbocycles. The maximum absolute atomic E-state index is 4.44. The van der Waals surface area contributed by atoms with E-state index >= 15 is 0 Å². The molecular formula is C37H27N. The first-order valence-corrected chi connectivity index (χ1v) is 13.1. The number of rotatable bonds is 2. The van der Waals surface area contributed by atoms with Crippen LogP contribution >= 0.6 is 0 Å². The van der Waals surface area contributed by atoms with E-state index in [4.69, 9.17) is 0 Å². The smallest absolute Gasteiger partial charge is 0.0547 e. The van der Waals surface area contributed by atoms with Crippen molar-refractivity contribution in [2.75, 3.05) is 0 Å². The molecule has 0 atom stereocenters. The van der Waals surface area contributed by atoms with Crippen LogP contribution in [0.3, 0.4) is 0 Å². The molecule has 6 aromatic rings. The molecule has 0 bridgehead atoms. The molecule has 1 heteroatoms. The van der Waals surface area contributed by atoms with Gasteiger partial charge in [0.25, 0.3) is 0 Å². The van der Waals surface area contributed by atoms with Crippen LogP contribution in [0.2, 0.25) is 0 Å². The molecule has 1 heterocycles. The molecular weight excluding hydrogens is 458 g/mol. The SMILES string of the molecule is C=C1/C=C\C=C/Cc2ccccc2-c2ccc(-c3ccc4c5ccccc5n(-c5ccccc5)c4c3)cc21. The second-order valence-corrected chi connectivity index (χ2v) is 9.85. The van der Waals surface area contributed by atoms with Gasteiger partial charge in [-0.2, -0.15) is 0 Å². The quantitative estimate of drug-likeness (QED) is 0.230. The van der Waals surface area contributed by atoms with Crippen LogP contribution in [0.4, 0.5) is 0 Å². The molecule has 0 radical (unpaired) electrons. The summed E-state index contributed by atoms with van der Waals surface area (Å²) in [5.41, 5.74) is 12.0. The van der Waals surface area contributed by atoms with Crippen molar-refractivity contribution in [2.45, 2.75) is 6.42 Å². The normalized spacial score (nSPS) is 14.7. The zero-order chi connectivity index (χ0) is 25.5. The second kappa shape index (κ2) is 9.21. The lowest BCUT2D eigenvalue weighted by Gasteiger charge is -2.16. The number of hydrogen-bond acceptors (Lipinski definition) is 0. The Morgan fingerprint density at radius 2 is 1.29 bits per heavy atom. The molecule has 0 N–H and O–H groups in total. The number of para-hydroxylation sites is 2. The van der Waals surface area contributed by atoms with Crippen molar-refractivity contribution in [3.05, 3.63) is 157 Å². The Morgan fingerprint density at radius 3 is 2.21 bits per heavy atom. The predicted octanol–water partition coefficient (Wildman–Crippen LogP) is 9.80. The first-order chi connectivity index (χ1) is 18.8. The maximum atomic E-state index is 4.44. The van der Waals surface area contributed by atoms with E-state index < -0.39 is 0 Å². The summed E-state index contributed by atoms with van der Waals surface area (Å²) in [6.45, 7) is 4.44.